The Balaban J connectivity index is 2.25. The Hall–Kier alpha value is -3.08. The average Bonchev–Trinajstić information content (AvgIpc) is 2.62. The number of nitro groups is 1. The average molecular weight is 399 g/mol. The highest BCUT2D eigenvalue weighted by molar-refractivity contribution is 7.91. The number of nitro benzene ring substituents is 1. The van der Waals surface area contributed by atoms with E-state index in [1.165, 1.54) is 6.92 Å². The Labute approximate surface area is 153 Å². The summed E-state index contributed by atoms with van der Waals surface area (Å²) in [7, 11) is -4.98. The third-order valence-electron chi connectivity index (χ3n) is 3.54. The normalized spacial score (nSPS) is 12.4. The molecule has 0 saturated carbocycles. The van der Waals surface area contributed by atoms with Crippen molar-refractivity contribution in [2.45, 2.75) is 23.6 Å². The van der Waals surface area contributed by atoms with Crippen molar-refractivity contribution >= 4 is 32.8 Å². The zero-order valence-corrected chi connectivity index (χ0v) is 14.7. The number of rotatable bonds is 7. The van der Waals surface area contributed by atoms with Crippen molar-refractivity contribution in [3.8, 4) is 0 Å². The molecule has 2 rings (SSSR count). The molecule has 0 radical (unpaired) electrons. The molecule has 0 spiro atoms. The summed E-state index contributed by atoms with van der Waals surface area (Å²) in [6.07, 6.45) is 0. The van der Waals surface area contributed by atoms with Crippen molar-refractivity contribution in [3.63, 3.8) is 0 Å². The zero-order valence-electron chi connectivity index (χ0n) is 13.9. The molecule has 144 valence electrons. The molecule has 8 nitrogen and oxygen atoms in total. The number of hydrogen-bond acceptors (Lipinski definition) is 6. The van der Waals surface area contributed by atoms with Gasteiger partial charge in [0.15, 0.2) is 0 Å². The second kappa shape index (κ2) is 8.08. The standard InChI is InChI=1S/C16H15F2N3O5S/c1-10(15(22)20-11-5-3-2-4-6-11)19-13-8-7-12(9-14(13)21(23)24)27(25,26)16(17)18/h2-10,16,19H,1H3,(H,20,22). The lowest BCUT2D eigenvalue weighted by molar-refractivity contribution is -0.384. The van der Waals surface area contributed by atoms with Crippen LogP contribution in [0.5, 0.6) is 0 Å². The Bertz CT molecular complexity index is 952. The number of halogens is 2. The number of hydrogen-bond donors (Lipinski definition) is 2. The van der Waals surface area contributed by atoms with E-state index in [0.29, 0.717) is 11.8 Å². The summed E-state index contributed by atoms with van der Waals surface area (Å²) in [5, 5.41) is 16.4. The van der Waals surface area contributed by atoms with Gasteiger partial charge in [-0.1, -0.05) is 18.2 Å². The fourth-order valence-corrected chi connectivity index (χ4v) is 2.87. The topological polar surface area (TPSA) is 118 Å². The van der Waals surface area contributed by atoms with E-state index in [0.717, 1.165) is 12.1 Å². The molecule has 0 aliphatic rings. The Kier molecular flexibility index (Phi) is 6.05. The number of amides is 1. The Morgan fingerprint density at radius 2 is 1.78 bits per heavy atom. The van der Waals surface area contributed by atoms with Gasteiger partial charge >= 0.3 is 5.76 Å². The van der Waals surface area contributed by atoms with E-state index in [-0.39, 0.29) is 5.69 Å². The van der Waals surface area contributed by atoms with E-state index in [4.69, 9.17) is 0 Å². The van der Waals surface area contributed by atoms with Crippen LogP contribution in [0, 0.1) is 10.1 Å². The predicted octanol–water partition coefficient (Wildman–Crippen LogP) is 3.03. The Morgan fingerprint density at radius 1 is 1.15 bits per heavy atom. The van der Waals surface area contributed by atoms with Crippen LogP contribution in [0.3, 0.4) is 0 Å². The van der Waals surface area contributed by atoms with Crippen LogP contribution in [0.2, 0.25) is 0 Å². The lowest BCUT2D eigenvalue weighted by atomic mass is 10.2. The van der Waals surface area contributed by atoms with Gasteiger partial charge in [0.2, 0.25) is 15.7 Å². The number of nitrogens with one attached hydrogen (secondary N) is 2. The molecule has 0 bridgehead atoms. The molecule has 0 fully saturated rings. The first kappa shape index (κ1) is 20.2. The third-order valence-corrected chi connectivity index (χ3v) is 4.92. The first-order valence-corrected chi connectivity index (χ1v) is 9.10. The number of nitrogens with zero attached hydrogens (tertiary/aromatic N) is 1. The van der Waals surface area contributed by atoms with Gasteiger partial charge in [0.05, 0.1) is 9.82 Å². The maximum Gasteiger partial charge on any atom is 0.341 e. The van der Waals surface area contributed by atoms with E-state index in [2.05, 4.69) is 10.6 Å². The third kappa shape index (κ3) is 4.76. The van der Waals surface area contributed by atoms with Crippen molar-refractivity contribution in [1.29, 1.82) is 0 Å². The summed E-state index contributed by atoms with van der Waals surface area (Å²) in [5.41, 5.74) is -0.399. The van der Waals surface area contributed by atoms with E-state index in [1.54, 1.807) is 30.3 Å². The van der Waals surface area contributed by atoms with Gasteiger partial charge in [-0.2, -0.15) is 8.78 Å². The number of anilines is 2. The van der Waals surface area contributed by atoms with Crippen LogP contribution in [-0.4, -0.2) is 31.0 Å². The lowest BCUT2D eigenvalue weighted by Crippen LogP contribution is -2.32. The summed E-state index contributed by atoms with van der Waals surface area (Å²) in [5.74, 6) is -4.20. The summed E-state index contributed by atoms with van der Waals surface area (Å²) in [4.78, 5) is 21.6. The number of carbonyl (C=O) groups is 1. The van der Waals surface area contributed by atoms with Crippen molar-refractivity contribution < 1.29 is 26.9 Å². The Morgan fingerprint density at radius 3 is 2.33 bits per heavy atom. The number of alkyl halides is 2. The first-order valence-electron chi connectivity index (χ1n) is 7.56. The summed E-state index contributed by atoms with van der Waals surface area (Å²) in [6, 6.07) is 9.87. The molecule has 0 aliphatic carbocycles. The van der Waals surface area contributed by atoms with Gasteiger partial charge in [-0.05, 0) is 31.2 Å². The quantitative estimate of drug-likeness (QED) is 0.546. The fourth-order valence-electron chi connectivity index (χ4n) is 2.14. The highest BCUT2D eigenvalue weighted by Gasteiger charge is 2.30. The zero-order chi connectivity index (χ0) is 20.2. The van der Waals surface area contributed by atoms with E-state index < -0.39 is 43.0 Å². The number of carbonyl (C=O) groups excluding carboxylic acids is 1. The van der Waals surface area contributed by atoms with E-state index >= 15 is 0 Å². The van der Waals surface area contributed by atoms with Crippen LogP contribution in [0.4, 0.5) is 25.8 Å². The number of benzene rings is 2. The first-order chi connectivity index (χ1) is 12.6. The van der Waals surface area contributed by atoms with Crippen molar-refractivity contribution in [3.05, 3.63) is 58.6 Å². The molecule has 1 amide bonds. The van der Waals surface area contributed by atoms with Gasteiger partial charge in [0.25, 0.3) is 5.69 Å². The molecule has 0 aromatic heterocycles. The summed E-state index contributed by atoms with van der Waals surface area (Å²) in [6.45, 7) is 1.44. The second-order valence-electron chi connectivity index (χ2n) is 5.46. The molecule has 0 saturated heterocycles. The monoisotopic (exact) mass is 399 g/mol. The maximum absolute atomic E-state index is 12.6. The molecule has 2 aromatic rings. The minimum absolute atomic E-state index is 0.177. The molecule has 11 heteroatoms. The molecule has 2 N–H and O–H groups in total. The molecule has 0 aliphatic heterocycles. The van der Waals surface area contributed by atoms with E-state index in [1.807, 2.05) is 0 Å². The maximum atomic E-state index is 12.6. The van der Waals surface area contributed by atoms with Crippen molar-refractivity contribution in [2.24, 2.45) is 0 Å². The van der Waals surface area contributed by atoms with Gasteiger partial charge in [0, 0.05) is 11.8 Å². The van der Waals surface area contributed by atoms with Gasteiger partial charge in [0.1, 0.15) is 11.7 Å². The highest BCUT2D eigenvalue weighted by Crippen LogP contribution is 2.30. The van der Waals surface area contributed by atoms with Crippen LogP contribution >= 0.6 is 0 Å². The van der Waals surface area contributed by atoms with Gasteiger partial charge < -0.3 is 10.6 Å². The lowest BCUT2D eigenvalue weighted by Gasteiger charge is -2.16. The predicted molar refractivity (Wildman–Crippen MR) is 94.4 cm³/mol. The fraction of sp³-hybridized carbons (Fsp3) is 0.188. The minimum Gasteiger partial charge on any atom is -0.368 e. The molecule has 1 atom stereocenters. The number of sulfone groups is 1. The molecule has 27 heavy (non-hydrogen) atoms. The molecule has 2 aromatic carbocycles. The van der Waals surface area contributed by atoms with Crippen LogP contribution in [0.15, 0.2) is 53.4 Å². The smallest absolute Gasteiger partial charge is 0.341 e. The highest BCUT2D eigenvalue weighted by atomic mass is 32.2. The molecular formula is C16H15F2N3O5S. The van der Waals surface area contributed by atoms with Crippen molar-refractivity contribution in [1.82, 2.24) is 0 Å². The van der Waals surface area contributed by atoms with Crippen LogP contribution < -0.4 is 10.6 Å². The summed E-state index contributed by atoms with van der Waals surface area (Å²) >= 11 is 0. The summed E-state index contributed by atoms with van der Waals surface area (Å²) < 4.78 is 48.2. The van der Waals surface area contributed by atoms with Crippen LogP contribution in [-0.2, 0) is 14.6 Å². The van der Waals surface area contributed by atoms with Gasteiger partial charge in [-0.15, -0.1) is 0 Å². The molecular weight excluding hydrogens is 384 g/mol. The SMILES string of the molecule is CC(Nc1ccc(S(=O)(=O)C(F)F)cc1[N+](=O)[O-])C(=O)Nc1ccccc1. The molecule has 1 unspecified atom stereocenters. The number of para-hydroxylation sites is 1. The van der Waals surface area contributed by atoms with Gasteiger partial charge in [-0.25, -0.2) is 8.42 Å². The minimum atomic E-state index is -4.98. The largest absolute Gasteiger partial charge is 0.368 e. The molecule has 0 heterocycles. The van der Waals surface area contributed by atoms with Crippen molar-refractivity contribution in [2.75, 3.05) is 10.6 Å². The van der Waals surface area contributed by atoms with Gasteiger partial charge in [-0.3, -0.25) is 14.9 Å². The van der Waals surface area contributed by atoms with Crippen LogP contribution in [0.1, 0.15) is 6.92 Å². The second-order valence-corrected chi connectivity index (χ2v) is 7.38. The van der Waals surface area contributed by atoms with Crippen LogP contribution in [0.25, 0.3) is 0 Å². The van der Waals surface area contributed by atoms with E-state index in [9.17, 15) is 32.1 Å².